The molecule has 0 radical (unpaired) electrons. The monoisotopic (exact) mass is 154 g/mol. The van der Waals surface area contributed by atoms with Gasteiger partial charge in [0.2, 0.25) is 0 Å². The summed E-state index contributed by atoms with van der Waals surface area (Å²) in [6.07, 6.45) is 5.49. The average molecular weight is 154 g/mol. The summed E-state index contributed by atoms with van der Waals surface area (Å²) in [6, 6.07) is 0. The first kappa shape index (κ1) is 7.60. The Hall–Kier alpha value is -0.0400. The molecule has 2 rings (SSSR count). The van der Waals surface area contributed by atoms with Crippen LogP contribution in [-0.4, -0.2) is 10.7 Å². The van der Waals surface area contributed by atoms with Crippen LogP contribution in [-0.2, 0) is 0 Å². The SMILES string of the molecule is CC(C)(O)C1CC2CCC1C2. The van der Waals surface area contributed by atoms with E-state index in [9.17, 15) is 5.11 Å². The van der Waals surface area contributed by atoms with Gasteiger partial charge in [0.25, 0.3) is 0 Å². The zero-order valence-corrected chi connectivity index (χ0v) is 7.51. The van der Waals surface area contributed by atoms with E-state index in [1.54, 1.807) is 0 Å². The molecule has 2 saturated carbocycles. The highest BCUT2D eigenvalue weighted by Gasteiger charge is 2.45. The van der Waals surface area contributed by atoms with Crippen molar-refractivity contribution in [3.05, 3.63) is 0 Å². The van der Waals surface area contributed by atoms with Crippen LogP contribution in [0.5, 0.6) is 0 Å². The lowest BCUT2D eigenvalue weighted by atomic mass is 9.78. The molecule has 2 fully saturated rings. The van der Waals surface area contributed by atoms with Crippen molar-refractivity contribution in [1.29, 1.82) is 0 Å². The molecule has 3 unspecified atom stereocenters. The molecule has 3 atom stereocenters. The Balaban J connectivity index is 2.08. The van der Waals surface area contributed by atoms with Gasteiger partial charge in [-0.1, -0.05) is 6.42 Å². The van der Waals surface area contributed by atoms with Gasteiger partial charge in [-0.15, -0.1) is 0 Å². The number of hydrogen-bond donors (Lipinski definition) is 1. The number of aliphatic hydroxyl groups is 1. The molecule has 2 aliphatic carbocycles. The third-order valence-corrected chi connectivity index (χ3v) is 3.65. The van der Waals surface area contributed by atoms with Gasteiger partial charge in [-0.05, 0) is 50.9 Å². The fourth-order valence-electron chi connectivity index (χ4n) is 3.11. The lowest BCUT2D eigenvalue weighted by Gasteiger charge is -2.32. The van der Waals surface area contributed by atoms with Gasteiger partial charge < -0.3 is 5.11 Å². The van der Waals surface area contributed by atoms with Crippen molar-refractivity contribution in [2.45, 2.75) is 45.1 Å². The molecule has 1 N–H and O–H groups in total. The van der Waals surface area contributed by atoms with Crippen LogP contribution in [0.3, 0.4) is 0 Å². The number of fused-ring (bicyclic) bond motifs is 2. The molecule has 2 aliphatic rings. The molecule has 0 aromatic carbocycles. The fraction of sp³-hybridized carbons (Fsp3) is 1.00. The highest BCUT2D eigenvalue weighted by Crippen LogP contribution is 2.51. The summed E-state index contributed by atoms with van der Waals surface area (Å²) in [5.74, 6) is 2.40. The van der Waals surface area contributed by atoms with Crippen LogP contribution in [0, 0.1) is 17.8 Å². The highest BCUT2D eigenvalue weighted by atomic mass is 16.3. The summed E-state index contributed by atoms with van der Waals surface area (Å²) < 4.78 is 0. The topological polar surface area (TPSA) is 20.2 Å². The second-order valence-electron chi connectivity index (χ2n) is 4.94. The predicted octanol–water partition coefficient (Wildman–Crippen LogP) is 2.19. The van der Waals surface area contributed by atoms with E-state index in [1.807, 2.05) is 13.8 Å². The number of hydrogen-bond acceptors (Lipinski definition) is 1. The zero-order valence-electron chi connectivity index (χ0n) is 7.51. The first-order valence-electron chi connectivity index (χ1n) is 4.80. The van der Waals surface area contributed by atoms with Crippen LogP contribution >= 0.6 is 0 Å². The highest BCUT2D eigenvalue weighted by molar-refractivity contribution is 4.96. The summed E-state index contributed by atoms with van der Waals surface area (Å²) in [6.45, 7) is 3.94. The van der Waals surface area contributed by atoms with Crippen molar-refractivity contribution in [2.24, 2.45) is 17.8 Å². The molecule has 0 spiro atoms. The van der Waals surface area contributed by atoms with E-state index in [4.69, 9.17) is 0 Å². The Labute approximate surface area is 68.8 Å². The van der Waals surface area contributed by atoms with E-state index < -0.39 is 5.60 Å². The van der Waals surface area contributed by atoms with Gasteiger partial charge >= 0.3 is 0 Å². The summed E-state index contributed by atoms with van der Waals surface area (Å²) in [5, 5.41) is 9.84. The molecule has 1 nitrogen and oxygen atoms in total. The molecule has 0 amide bonds. The third kappa shape index (κ3) is 1.20. The first-order chi connectivity index (χ1) is 5.07. The maximum Gasteiger partial charge on any atom is 0.0622 e. The van der Waals surface area contributed by atoms with E-state index in [0.29, 0.717) is 5.92 Å². The van der Waals surface area contributed by atoms with Crippen LogP contribution in [0.4, 0.5) is 0 Å². The van der Waals surface area contributed by atoms with E-state index >= 15 is 0 Å². The first-order valence-corrected chi connectivity index (χ1v) is 4.80. The minimum atomic E-state index is -0.417. The molecule has 0 saturated heterocycles. The summed E-state index contributed by atoms with van der Waals surface area (Å²) >= 11 is 0. The fourth-order valence-corrected chi connectivity index (χ4v) is 3.11. The molecule has 0 aliphatic heterocycles. The maximum absolute atomic E-state index is 9.84. The largest absolute Gasteiger partial charge is 0.390 e. The van der Waals surface area contributed by atoms with Gasteiger partial charge in [0, 0.05) is 0 Å². The van der Waals surface area contributed by atoms with Crippen LogP contribution in [0.25, 0.3) is 0 Å². The maximum atomic E-state index is 9.84. The van der Waals surface area contributed by atoms with E-state index in [1.165, 1.54) is 25.7 Å². The molecule has 11 heavy (non-hydrogen) atoms. The van der Waals surface area contributed by atoms with Gasteiger partial charge in [-0.3, -0.25) is 0 Å². The molecular weight excluding hydrogens is 136 g/mol. The van der Waals surface area contributed by atoms with Crippen molar-refractivity contribution in [3.8, 4) is 0 Å². The Morgan fingerprint density at radius 3 is 2.18 bits per heavy atom. The Morgan fingerprint density at radius 2 is 1.91 bits per heavy atom. The summed E-state index contributed by atoms with van der Waals surface area (Å²) in [7, 11) is 0. The third-order valence-electron chi connectivity index (χ3n) is 3.65. The minimum absolute atomic E-state index is 0.417. The van der Waals surface area contributed by atoms with E-state index in [-0.39, 0.29) is 0 Å². The standard InChI is InChI=1S/C10H18O/c1-10(2,11)9-6-7-3-4-8(9)5-7/h7-9,11H,3-6H2,1-2H3. The molecular formula is C10H18O. The molecule has 64 valence electrons. The van der Waals surface area contributed by atoms with Gasteiger partial charge in [-0.25, -0.2) is 0 Å². The minimum Gasteiger partial charge on any atom is -0.390 e. The van der Waals surface area contributed by atoms with E-state index in [0.717, 1.165) is 11.8 Å². The average Bonchev–Trinajstić information content (AvgIpc) is 2.42. The van der Waals surface area contributed by atoms with Crippen LogP contribution in [0.2, 0.25) is 0 Å². The molecule has 0 aromatic rings. The molecule has 0 aromatic heterocycles. The smallest absolute Gasteiger partial charge is 0.0622 e. The van der Waals surface area contributed by atoms with Gasteiger partial charge in [0.05, 0.1) is 5.60 Å². The predicted molar refractivity (Wildman–Crippen MR) is 45.2 cm³/mol. The normalized spacial score (nSPS) is 43.4. The van der Waals surface area contributed by atoms with Crippen molar-refractivity contribution in [3.63, 3.8) is 0 Å². The van der Waals surface area contributed by atoms with Gasteiger partial charge in [0.1, 0.15) is 0 Å². The van der Waals surface area contributed by atoms with Crippen molar-refractivity contribution in [2.75, 3.05) is 0 Å². The lowest BCUT2D eigenvalue weighted by Crippen LogP contribution is -2.34. The zero-order chi connectivity index (χ0) is 8.06. The van der Waals surface area contributed by atoms with Crippen LogP contribution < -0.4 is 0 Å². The lowest BCUT2D eigenvalue weighted by molar-refractivity contribution is -0.00759. The second-order valence-corrected chi connectivity index (χ2v) is 4.94. The Kier molecular flexibility index (Phi) is 1.54. The summed E-state index contributed by atoms with van der Waals surface area (Å²) in [5.41, 5.74) is -0.417. The Morgan fingerprint density at radius 1 is 1.18 bits per heavy atom. The number of rotatable bonds is 1. The van der Waals surface area contributed by atoms with Crippen molar-refractivity contribution < 1.29 is 5.11 Å². The summed E-state index contributed by atoms with van der Waals surface area (Å²) in [4.78, 5) is 0. The molecule has 0 heterocycles. The van der Waals surface area contributed by atoms with Gasteiger partial charge in [-0.2, -0.15) is 0 Å². The van der Waals surface area contributed by atoms with E-state index in [2.05, 4.69) is 0 Å². The van der Waals surface area contributed by atoms with Crippen molar-refractivity contribution in [1.82, 2.24) is 0 Å². The quantitative estimate of drug-likeness (QED) is 0.614. The Bertz CT molecular complexity index is 157. The van der Waals surface area contributed by atoms with Crippen molar-refractivity contribution >= 4 is 0 Å². The molecule has 1 heteroatoms. The second kappa shape index (κ2) is 2.22. The van der Waals surface area contributed by atoms with Crippen LogP contribution in [0.1, 0.15) is 39.5 Å². The van der Waals surface area contributed by atoms with Crippen LogP contribution in [0.15, 0.2) is 0 Å². The molecule has 2 bridgehead atoms. The van der Waals surface area contributed by atoms with Gasteiger partial charge in [0.15, 0.2) is 0 Å².